The summed E-state index contributed by atoms with van der Waals surface area (Å²) in [5.74, 6) is -0.265. The Hall–Kier alpha value is -3.94. The van der Waals surface area contributed by atoms with Gasteiger partial charge in [0, 0.05) is 12.1 Å². The maximum atomic E-state index is 13.1. The summed E-state index contributed by atoms with van der Waals surface area (Å²) in [7, 11) is 0. The molecule has 4 aromatic carbocycles. The van der Waals surface area contributed by atoms with Crippen molar-refractivity contribution >= 4 is 18.4 Å². The number of hydrogen-bond donors (Lipinski definition) is 4. The van der Waals surface area contributed by atoms with Crippen LogP contribution in [0.1, 0.15) is 66.9 Å². The number of unbranched alkanes of at least 4 members (excludes halogenated alkanes) is 4. The Labute approximate surface area is 277 Å². The normalized spacial score (nSPS) is 13.6. The summed E-state index contributed by atoms with van der Waals surface area (Å²) < 4.78 is 0. The molecule has 0 unspecified atom stereocenters. The Morgan fingerprint density at radius 2 is 1.15 bits per heavy atom. The van der Waals surface area contributed by atoms with Crippen LogP contribution in [-0.4, -0.2) is 44.7 Å². The number of carbonyl (C=O) groups excluding carboxylic acids is 1. The first-order valence-electron chi connectivity index (χ1n) is 16.4. The number of carbonyl (C=O) groups is 1. The van der Waals surface area contributed by atoms with Gasteiger partial charge in [-0.3, -0.25) is 10.1 Å². The average molecular weight is 659 g/mol. The number of nitrogens with zero attached hydrogens (tertiary/aromatic N) is 1. The first-order valence-corrected chi connectivity index (χ1v) is 19.3. The molecule has 0 spiro atoms. The van der Waals surface area contributed by atoms with E-state index in [2.05, 4.69) is 41.7 Å². The minimum atomic E-state index is -3.33. The summed E-state index contributed by atoms with van der Waals surface area (Å²) in [6, 6.07) is 35.4. The van der Waals surface area contributed by atoms with Gasteiger partial charge >= 0.3 is 233 Å². The zero-order chi connectivity index (χ0) is 33.6. The zero-order valence-electron chi connectivity index (χ0n) is 26.9. The van der Waals surface area contributed by atoms with Crippen LogP contribution in [0.2, 0.25) is 0 Å². The molecule has 4 rings (SSSR count). The molecule has 0 aromatic heterocycles. The van der Waals surface area contributed by atoms with Crippen molar-refractivity contribution < 1.29 is 24.8 Å². The molecule has 0 aliphatic carbocycles. The van der Waals surface area contributed by atoms with E-state index >= 15 is 0 Å². The van der Waals surface area contributed by atoms with E-state index in [0.717, 1.165) is 48.5 Å². The molecule has 0 bridgehead atoms. The number of nitrogens with one attached hydrogen (secondary N) is 1. The third kappa shape index (κ3) is 11.1. The number of amides is 1. The van der Waals surface area contributed by atoms with Crippen LogP contribution in [0.4, 0.5) is 5.69 Å². The van der Waals surface area contributed by atoms with E-state index < -0.39 is 30.5 Å². The van der Waals surface area contributed by atoms with Gasteiger partial charge < -0.3 is 0 Å². The molecule has 0 aliphatic rings. The molecule has 4 N–H and O–H groups in total. The van der Waals surface area contributed by atoms with Gasteiger partial charge in [-0.25, -0.2) is 0 Å². The summed E-state index contributed by atoms with van der Waals surface area (Å²) in [6.45, 7) is -3.80. The summed E-state index contributed by atoms with van der Waals surface area (Å²) >= 11 is 0. The van der Waals surface area contributed by atoms with Gasteiger partial charge in [0.15, 0.2) is 0 Å². The van der Waals surface area contributed by atoms with E-state index in [4.69, 9.17) is 0 Å². The Morgan fingerprint density at radius 3 is 1.60 bits per heavy atom. The molecule has 8 nitrogen and oxygen atoms in total. The van der Waals surface area contributed by atoms with E-state index in [9.17, 15) is 30.0 Å². The maximum absolute atomic E-state index is 13.1. The predicted octanol–water partition coefficient (Wildman–Crippen LogP) is 7.51. The number of benzene rings is 4. The number of nitro groups is 1. The van der Waals surface area contributed by atoms with Crippen LogP contribution in [0, 0.1) is 10.1 Å². The van der Waals surface area contributed by atoms with Crippen LogP contribution >= 0.6 is 6.83 Å². The van der Waals surface area contributed by atoms with Crippen LogP contribution < -0.4 is 5.32 Å². The molecule has 9 heteroatoms. The quantitative estimate of drug-likeness (QED) is 0.0357. The van der Waals surface area contributed by atoms with Gasteiger partial charge in [0.1, 0.15) is 0 Å². The van der Waals surface area contributed by atoms with Gasteiger partial charge in [0.05, 0.1) is 4.92 Å². The van der Waals surface area contributed by atoms with E-state index in [1.54, 1.807) is 0 Å². The minimum absolute atomic E-state index is 0.101. The van der Waals surface area contributed by atoms with Crippen molar-refractivity contribution in [2.24, 2.45) is 0 Å². The summed E-state index contributed by atoms with van der Waals surface area (Å²) in [6.07, 6.45) is 6.08. The summed E-state index contributed by atoms with van der Waals surface area (Å²) in [4.78, 5) is 36.1. The second-order valence-corrected chi connectivity index (χ2v) is 17.9. The number of rotatable bonds is 19. The predicted molar refractivity (Wildman–Crippen MR) is 189 cm³/mol. The molecule has 0 saturated carbocycles. The van der Waals surface area contributed by atoms with E-state index in [1.165, 1.54) is 24.3 Å². The van der Waals surface area contributed by atoms with Crippen molar-refractivity contribution in [2.75, 3.05) is 12.8 Å². The van der Waals surface area contributed by atoms with Crippen LogP contribution in [0.3, 0.4) is 0 Å². The molecule has 0 fully saturated rings. The fourth-order valence-electron chi connectivity index (χ4n) is 6.42. The molecule has 0 heterocycles. The van der Waals surface area contributed by atoms with Crippen LogP contribution in [-0.2, 0) is 23.3 Å². The van der Waals surface area contributed by atoms with Gasteiger partial charge in [-0.15, -0.1) is 0 Å². The van der Waals surface area contributed by atoms with Gasteiger partial charge in [0.2, 0.25) is 0 Å². The molecule has 0 radical (unpaired) electrons. The van der Waals surface area contributed by atoms with Gasteiger partial charge in [-0.1, -0.05) is 0 Å². The first kappa shape index (κ1) is 35.9. The number of non-ortho nitro benzene ring substituents is 1. The van der Waals surface area contributed by atoms with Crippen LogP contribution in [0.5, 0.6) is 0 Å². The van der Waals surface area contributed by atoms with Crippen molar-refractivity contribution in [1.29, 1.82) is 0 Å². The van der Waals surface area contributed by atoms with Crippen LogP contribution in [0.15, 0.2) is 115 Å². The minimum Gasteiger partial charge on any atom is -0.258 e. The molecular weight excluding hydrogens is 611 g/mol. The zero-order valence-corrected chi connectivity index (χ0v) is 27.8. The molecular formula is C38H47N2O6P. The van der Waals surface area contributed by atoms with E-state index in [0.29, 0.717) is 30.5 Å². The second-order valence-electron chi connectivity index (χ2n) is 12.7. The molecule has 4 aromatic rings. The second kappa shape index (κ2) is 17.3. The van der Waals surface area contributed by atoms with Gasteiger partial charge in [-0.2, -0.15) is 0 Å². The summed E-state index contributed by atoms with van der Waals surface area (Å²) in [5.41, 5.74) is 3.75. The number of hydrogen-bond acceptors (Lipinski definition) is 6. The van der Waals surface area contributed by atoms with Crippen molar-refractivity contribution in [2.45, 2.75) is 69.2 Å². The van der Waals surface area contributed by atoms with Crippen molar-refractivity contribution in [3.05, 3.63) is 148 Å². The fraction of sp³-hybridized carbons (Fsp3) is 0.342. The molecule has 47 heavy (non-hydrogen) atoms. The summed E-state index contributed by atoms with van der Waals surface area (Å²) in [5, 5.41) is 34.0. The third-order valence-corrected chi connectivity index (χ3v) is 13.8. The molecule has 0 aliphatic heterocycles. The molecule has 2 atom stereocenters. The standard InChI is InChI=1S/C38H47N2O6P/c41-27-36(38(43)34-22-24-35(25-23-34)40(44)45)39-37(42)21-13-2-1-3-14-26-47(46,28-31-15-7-4-8-16-31,29-32-17-9-5-10-18-32)30-33-19-11-6-12-20-33/h4-12,15-20,22-25,36,38,41,43,46H,1-3,13-14,21,26-30H2,(H,39,42)/t36-,38-/m1/s1. The molecule has 250 valence electrons. The monoisotopic (exact) mass is 658 g/mol. The molecule has 0 saturated heterocycles. The Balaban J connectivity index is 1.32. The van der Waals surface area contributed by atoms with Gasteiger partial charge in [-0.05, 0) is 12.1 Å². The van der Waals surface area contributed by atoms with Gasteiger partial charge in [0.25, 0.3) is 5.69 Å². The number of nitro benzene ring substituents is 1. The Kier molecular flexibility index (Phi) is 13.2. The van der Waals surface area contributed by atoms with Crippen molar-refractivity contribution in [1.82, 2.24) is 5.32 Å². The molecule has 1 amide bonds. The third-order valence-electron chi connectivity index (χ3n) is 8.80. The topological polar surface area (TPSA) is 133 Å². The van der Waals surface area contributed by atoms with E-state index in [-0.39, 0.29) is 18.0 Å². The smallest absolute Gasteiger partial charge is 0.258 e. The number of aliphatic hydroxyl groups excluding tert-OH is 2. The number of aliphatic hydroxyl groups is 2. The Bertz CT molecular complexity index is 1430. The van der Waals surface area contributed by atoms with Crippen molar-refractivity contribution in [3.8, 4) is 0 Å². The van der Waals surface area contributed by atoms with Crippen LogP contribution in [0.25, 0.3) is 0 Å². The fourth-order valence-corrected chi connectivity index (χ4v) is 11.7. The van der Waals surface area contributed by atoms with E-state index in [1.807, 2.05) is 54.6 Å². The Morgan fingerprint density at radius 1 is 0.702 bits per heavy atom. The average Bonchev–Trinajstić information content (AvgIpc) is 3.07. The SMILES string of the molecule is O=C(CCCCCCCP(O)(Cc1ccccc1)(Cc1ccccc1)Cc1ccccc1)N[C@H](CO)[C@H](O)c1ccc([N+](=O)[O-])cc1. The van der Waals surface area contributed by atoms with Crippen molar-refractivity contribution in [3.63, 3.8) is 0 Å². The first-order chi connectivity index (χ1) is 22.7.